The van der Waals surface area contributed by atoms with Crippen molar-refractivity contribution < 1.29 is 22.6 Å². The molecule has 1 N–H and O–H groups in total. The van der Waals surface area contributed by atoms with Gasteiger partial charge in [-0.05, 0) is 12.5 Å². The summed E-state index contributed by atoms with van der Waals surface area (Å²) in [6.45, 7) is 1.21. The number of halogens is 3. The zero-order valence-electron chi connectivity index (χ0n) is 10.8. The molecule has 0 spiro atoms. The predicted octanol–water partition coefficient (Wildman–Crippen LogP) is 2.86. The maximum Gasteiger partial charge on any atom is 0.422 e. The molecule has 0 aliphatic rings. The fourth-order valence-electron chi connectivity index (χ4n) is 1.41. The van der Waals surface area contributed by atoms with Gasteiger partial charge in [0.05, 0.1) is 18.5 Å². The number of aromatic nitrogens is 1. The number of nitrogens with one attached hydrogen (secondary N) is 1. The molecule has 19 heavy (non-hydrogen) atoms. The van der Waals surface area contributed by atoms with Crippen LogP contribution in [0.2, 0.25) is 0 Å². The first kappa shape index (κ1) is 15.6. The second-order valence-electron chi connectivity index (χ2n) is 3.99. The molecule has 4 nitrogen and oxygen atoms in total. The number of rotatable bonds is 7. The minimum absolute atomic E-state index is 0.0531. The minimum Gasteiger partial charge on any atom is -0.468 e. The summed E-state index contributed by atoms with van der Waals surface area (Å²) in [7, 11) is 1.61. The highest BCUT2D eigenvalue weighted by molar-refractivity contribution is 5.42. The van der Waals surface area contributed by atoms with Gasteiger partial charge in [0.2, 0.25) is 5.88 Å². The lowest BCUT2D eigenvalue weighted by Gasteiger charge is -2.17. The van der Waals surface area contributed by atoms with Crippen LogP contribution in [0.5, 0.6) is 5.88 Å². The summed E-state index contributed by atoms with van der Waals surface area (Å²) in [4.78, 5) is 3.80. The van der Waals surface area contributed by atoms with Crippen molar-refractivity contribution in [1.82, 2.24) is 4.98 Å². The van der Waals surface area contributed by atoms with Crippen LogP contribution in [0.3, 0.4) is 0 Å². The highest BCUT2D eigenvalue weighted by Crippen LogP contribution is 2.18. The number of nitrogens with zero attached hydrogens (tertiary/aromatic N) is 1. The summed E-state index contributed by atoms with van der Waals surface area (Å²) in [5.41, 5.74) is 0.711. The zero-order valence-corrected chi connectivity index (χ0v) is 10.8. The number of hydrogen-bond acceptors (Lipinski definition) is 4. The van der Waals surface area contributed by atoms with E-state index in [1.807, 2.05) is 6.92 Å². The van der Waals surface area contributed by atoms with E-state index < -0.39 is 12.8 Å². The number of pyridine rings is 1. The first-order valence-corrected chi connectivity index (χ1v) is 5.85. The van der Waals surface area contributed by atoms with Crippen molar-refractivity contribution in [2.24, 2.45) is 0 Å². The highest BCUT2D eigenvalue weighted by atomic mass is 19.4. The van der Waals surface area contributed by atoms with Crippen LogP contribution in [-0.4, -0.2) is 37.5 Å². The molecule has 7 heteroatoms. The molecular weight excluding hydrogens is 261 g/mol. The van der Waals surface area contributed by atoms with Crippen molar-refractivity contribution in [2.45, 2.75) is 25.6 Å². The predicted molar refractivity (Wildman–Crippen MR) is 65.4 cm³/mol. The lowest BCUT2D eigenvalue weighted by Crippen LogP contribution is -2.24. The fraction of sp³-hybridized carbons (Fsp3) is 0.583. The van der Waals surface area contributed by atoms with Gasteiger partial charge in [0.25, 0.3) is 0 Å². The van der Waals surface area contributed by atoms with E-state index in [0.29, 0.717) is 12.3 Å². The van der Waals surface area contributed by atoms with Gasteiger partial charge >= 0.3 is 6.18 Å². The Hall–Kier alpha value is -1.50. The topological polar surface area (TPSA) is 43.4 Å². The first-order chi connectivity index (χ1) is 8.94. The molecule has 0 fully saturated rings. The fourth-order valence-corrected chi connectivity index (χ4v) is 1.41. The van der Waals surface area contributed by atoms with Crippen LogP contribution < -0.4 is 10.1 Å². The summed E-state index contributed by atoms with van der Waals surface area (Å²) in [6, 6.07) is 3.15. The molecule has 0 radical (unpaired) electrons. The van der Waals surface area contributed by atoms with E-state index in [1.54, 1.807) is 13.2 Å². The molecule has 1 unspecified atom stereocenters. The number of alkyl halides is 3. The largest absolute Gasteiger partial charge is 0.468 e. The summed E-state index contributed by atoms with van der Waals surface area (Å²) in [5.74, 6) is -0.0531. The van der Waals surface area contributed by atoms with E-state index in [-0.39, 0.29) is 11.9 Å². The van der Waals surface area contributed by atoms with Crippen LogP contribution in [0.15, 0.2) is 18.3 Å². The second kappa shape index (κ2) is 7.18. The Labute approximate surface area is 109 Å². The van der Waals surface area contributed by atoms with Crippen molar-refractivity contribution in [3.05, 3.63) is 18.3 Å². The smallest absolute Gasteiger partial charge is 0.422 e. The number of hydrogen-bond donors (Lipinski definition) is 1. The van der Waals surface area contributed by atoms with Crippen LogP contribution >= 0.6 is 0 Å². The molecule has 0 saturated heterocycles. The Bertz CT molecular complexity index is 368. The van der Waals surface area contributed by atoms with Crippen LogP contribution in [0.1, 0.15) is 13.3 Å². The minimum atomic E-state index is -4.36. The Morgan fingerprint density at radius 2 is 2.11 bits per heavy atom. The molecule has 1 atom stereocenters. The van der Waals surface area contributed by atoms with Gasteiger partial charge < -0.3 is 14.8 Å². The molecule has 1 aromatic heterocycles. The third-order valence-corrected chi connectivity index (χ3v) is 2.35. The summed E-state index contributed by atoms with van der Waals surface area (Å²) in [6.07, 6.45) is -2.06. The average molecular weight is 278 g/mol. The Morgan fingerprint density at radius 3 is 2.58 bits per heavy atom. The Balaban J connectivity index is 2.51. The van der Waals surface area contributed by atoms with Crippen molar-refractivity contribution in [1.29, 1.82) is 0 Å². The second-order valence-corrected chi connectivity index (χ2v) is 3.99. The van der Waals surface area contributed by atoms with Gasteiger partial charge in [-0.25, -0.2) is 4.98 Å². The molecule has 1 rings (SSSR count). The quantitative estimate of drug-likeness (QED) is 0.833. The van der Waals surface area contributed by atoms with Crippen molar-refractivity contribution in [3.63, 3.8) is 0 Å². The maximum absolute atomic E-state index is 11.9. The van der Waals surface area contributed by atoms with Gasteiger partial charge in [0, 0.05) is 19.2 Å². The summed E-state index contributed by atoms with van der Waals surface area (Å²) >= 11 is 0. The first-order valence-electron chi connectivity index (χ1n) is 5.85. The van der Waals surface area contributed by atoms with E-state index in [1.165, 1.54) is 12.3 Å². The van der Waals surface area contributed by atoms with Gasteiger partial charge in [-0.3, -0.25) is 0 Å². The molecule has 0 aromatic carbocycles. The van der Waals surface area contributed by atoms with Crippen molar-refractivity contribution in [3.8, 4) is 5.88 Å². The zero-order chi connectivity index (χ0) is 14.3. The van der Waals surface area contributed by atoms with Gasteiger partial charge in [0.1, 0.15) is 0 Å². The van der Waals surface area contributed by atoms with Crippen molar-refractivity contribution in [2.75, 3.05) is 25.6 Å². The molecule has 0 bridgehead atoms. The number of ether oxygens (including phenoxy) is 2. The number of methoxy groups -OCH3 is 1. The van der Waals surface area contributed by atoms with Crippen LogP contribution in [0, 0.1) is 0 Å². The molecule has 0 amide bonds. The lowest BCUT2D eigenvalue weighted by molar-refractivity contribution is -0.154. The van der Waals surface area contributed by atoms with Crippen LogP contribution in [0.25, 0.3) is 0 Å². The van der Waals surface area contributed by atoms with Gasteiger partial charge in [0.15, 0.2) is 6.61 Å². The van der Waals surface area contributed by atoms with E-state index in [9.17, 15) is 13.2 Å². The molecule has 0 aliphatic heterocycles. The lowest BCUT2D eigenvalue weighted by atomic mass is 10.2. The van der Waals surface area contributed by atoms with E-state index in [4.69, 9.17) is 4.74 Å². The van der Waals surface area contributed by atoms with Crippen LogP contribution in [-0.2, 0) is 4.74 Å². The highest BCUT2D eigenvalue weighted by Gasteiger charge is 2.28. The molecule has 1 aromatic rings. The molecule has 1 heterocycles. The molecule has 108 valence electrons. The van der Waals surface area contributed by atoms with E-state index in [0.717, 1.165) is 6.42 Å². The summed E-state index contributed by atoms with van der Waals surface area (Å²) < 4.78 is 45.4. The standard InChI is InChI=1S/C12H17F3N2O2/c1-3-9(7-18-2)17-10-4-5-11(16-6-10)19-8-12(13,14)15/h4-6,9,17H,3,7-8H2,1-2H3. The number of anilines is 1. The van der Waals surface area contributed by atoms with Gasteiger partial charge in [-0.2, -0.15) is 13.2 Å². The van der Waals surface area contributed by atoms with Crippen LogP contribution in [0.4, 0.5) is 18.9 Å². The normalized spacial score (nSPS) is 13.1. The monoisotopic (exact) mass is 278 g/mol. The van der Waals surface area contributed by atoms with Gasteiger partial charge in [-0.1, -0.05) is 6.92 Å². The maximum atomic E-state index is 11.9. The Morgan fingerprint density at radius 1 is 1.37 bits per heavy atom. The molecular formula is C12H17F3N2O2. The third kappa shape index (κ3) is 6.28. The van der Waals surface area contributed by atoms with Gasteiger partial charge in [-0.15, -0.1) is 0 Å². The molecule has 0 saturated carbocycles. The van der Waals surface area contributed by atoms with E-state index in [2.05, 4.69) is 15.0 Å². The van der Waals surface area contributed by atoms with E-state index >= 15 is 0 Å². The molecule has 0 aliphatic carbocycles. The Kier molecular flexibility index (Phi) is 5.88. The average Bonchev–Trinajstić information content (AvgIpc) is 2.36. The van der Waals surface area contributed by atoms with Crippen molar-refractivity contribution >= 4 is 5.69 Å². The SMILES string of the molecule is CCC(COC)Nc1ccc(OCC(F)(F)F)nc1. The summed E-state index contributed by atoms with van der Waals surface area (Å²) in [5, 5.41) is 3.16. The third-order valence-electron chi connectivity index (χ3n) is 2.35.